The lowest BCUT2D eigenvalue weighted by molar-refractivity contribution is -0.137. The van der Waals surface area contributed by atoms with Crippen LogP contribution in [0.2, 0.25) is 10.0 Å². The molecule has 2 aromatic rings. The van der Waals surface area contributed by atoms with E-state index in [2.05, 4.69) is 0 Å². The zero-order valence-corrected chi connectivity index (χ0v) is 16.3. The molecule has 0 aliphatic carbocycles. The van der Waals surface area contributed by atoms with Gasteiger partial charge >= 0.3 is 5.97 Å². The van der Waals surface area contributed by atoms with E-state index in [9.17, 15) is 18.3 Å². The lowest BCUT2D eigenvalue weighted by Crippen LogP contribution is -2.43. The summed E-state index contributed by atoms with van der Waals surface area (Å²) >= 11 is 11.9. The number of rotatable bonds is 7. The zero-order chi connectivity index (χ0) is 19.5. The third-order valence-electron chi connectivity index (χ3n) is 3.54. The highest BCUT2D eigenvalue weighted by Crippen LogP contribution is 2.32. The molecule has 1 N–H and O–H groups in total. The lowest BCUT2D eigenvalue weighted by Gasteiger charge is -2.28. The van der Waals surface area contributed by atoms with E-state index in [4.69, 9.17) is 27.9 Å². The van der Waals surface area contributed by atoms with Crippen molar-refractivity contribution in [3.8, 4) is 5.75 Å². The van der Waals surface area contributed by atoms with Gasteiger partial charge in [-0.1, -0.05) is 23.2 Å². The van der Waals surface area contributed by atoms with Gasteiger partial charge in [-0.3, -0.25) is 4.31 Å². The molecule has 1 unspecified atom stereocenters. The van der Waals surface area contributed by atoms with E-state index in [1.54, 1.807) is 12.1 Å². The molecule has 2 aromatic carbocycles. The van der Waals surface area contributed by atoms with E-state index in [-0.39, 0.29) is 20.6 Å². The first-order valence-corrected chi connectivity index (χ1v) is 9.83. The fourth-order valence-electron chi connectivity index (χ4n) is 2.31. The van der Waals surface area contributed by atoms with Gasteiger partial charge in [0.1, 0.15) is 16.7 Å². The Morgan fingerprint density at radius 2 is 1.81 bits per heavy atom. The van der Waals surface area contributed by atoms with Crippen LogP contribution >= 0.6 is 23.2 Å². The van der Waals surface area contributed by atoms with Crippen LogP contribution in [0, 0.1) is 0 Å². The van der Waals surface area contributed by atoms with Crippen molar-refractivity contribution in [3.63, 3.8) is 0 Å². The largest absolute Gasteiger partial charge is 0.494 e. The number of benzene rings is 2. The van der Waals surface area contributed by atoms with E-state index in [0.717, 1.165) is 4.31 Å². The molecule has 0 aromatic heterocycles. The van der Waals surface area contributed by atoms with Crippen LogP contribution in [0.3, 0.4) is 0 Å². The van der Waals surface area contributed by atoms with Gasteiger partial charge in [0.2, 0.25) is 0 Å². The third-order valence-corrected chi connectivity index (χ3v) is 6.16. The number of carboxylic acid groups (broad SMARTS) is 1. The van der Waals surface area contributed by atoms with Gasteiger partial charge in [0, 0.05) is 5.02 Å². The van der Waals surface area contributed by atoms with Crippen LogP contribution in [-0.2, 0) is 14.8 Å². The van der Waals surface area contributed by atoms with E-state index in [0.29, 0.717) is 12.4 Å². The van der Waals surface area contributed by atoms with Crippen LogP contribution in [0.5, 0.6) is 5.75 Å². The highest BCUT2D eigenvalue weighted by molar-refractivity contribution is 7.93. The first-order valence-electron chi connectivity index (χ1n) is 7.63. The Hall–Kier alpha value is -1.96. The number of carboxylic acids is 1. The molecule has 0 fully saturated rings. The fraction of sp³-hybridized carbons (Fsp3) is 0.235. The number of hydrogen-bond acceptors (Lipinski definition) is 4. The maximum absolute atomic E-state index is 13.2. The van der Waals surface area contributed by atoms with Crippen LogP contribution < -0.4 is 9.04 Å². The van der Waals surface area contributed by atoms with Crippen LogP contribution in [0.15, 0.2) is 47.4 Å². The van der Waals surface area contributed by atoms with Gasteiger partial charge in [-0.05, 0) is 56.3 Å². The first kappa shape index (κ1) is 20.4. The fourth-order valence-corrected chi connectivity index (χ4v) is 4.66. The Morgan fingerprint density at radius 3 is 2.35 bits per heavy atom. The number of ether oxygens (including phenoxy) is 1. The van der Waals surface area contributed by atoms with Crippen molar-refractivity contribution in [1.82, 2.24) is 0 Å². The van der Waals surface area contributed by atoms with Gasteiger partial charge < -0.3 is 9.84 Å². The second-order valence-corrected chi connectivity index (χ2v) is 7.94. The number of aliphatic carboxylic acids is 1. The number of halogens is 2. The highest BCUT2D eigenvalue weighted by Gasteiger charge is 2.34. The van der Waals surface area contributed by atoms with Gasteiger partial charge in [-0.25, -0.2) is 13.2 Å². The quantitative estimate of drug-likeness (QED) is 0.733. The maximum Gasteiger partial charge on any atom is 0.327 e. The normalized spacial score (nSPS) is 12.5. The number of anilines is 1. The standard InChI is InChI=1S/C17H17Cl2NO5S/c1-3-25-14-7-5-13(6-8-14)20(11(2)17(21)22)26(23,24)16-10-12(18)4-9-15(16)19/h4-11H,3H2,1-2H3,(H,21,22). The van der Waals surface area contributed by atoms with Gasteiger partial charge in [-0.2, -0.15) is 0 Å². The summed E-state index contributed by atoms with van der Waals surface area (Å²) in [5.41, 5.74) is 0.166. The molecule has 0 bridgehead atoms. The van der Waals surface area contributed by atoms with E-state index < -0.39 is 22.0 Å². The molecule has 0 saturated carbocycles. The average Bonchev–Trinajstić information content (AvgIpc) is 2.58. The maximum atomic E-state index is 13.2. The monoisotopic (exact) mass is 417 g/mol. The molecule has 0 radical (unpaired) electrons. The van der Waals surface area contributed by atoms with Crippen LogP contribution in [0.1, 0.15) is 13.8 Å². The minimum atomic E-state index is -4.28. The number of carbonyl (C=O) groups is 1. The van der Waals surface area contributed by atoms with Crippen molar-refractivity contribution in [2.24, 2.45) is 0 Å². The molecule has 26 heavy (non-hydrogen) atoms. The molecule has 6 nitrogen and oxygen atoms in total. The molecule has 0 saturated heterocycles. The van der Waals surface area contributed by atoms with Gasteiger partial charge in [0.25, 0.3) is 10.0 Å². The van der Waals surface area contributed by atoms with Gasteiger partial charge in [-0.15, -0.1) is 0 Å². The molecule has 2 rings (SSSR count). The highest BCUT2D eigenvalue weighted by atomic mass is 35.5. The summed E-state index contributed by atoms with van der Waals surface area (Å²) in [5.74, 6) is -0.766. The molecule has 0 amide bonds. The van der Waals surface area contributed by atoms with E-state index >= 15 is 0 Å². The second-order valence-electron chi connectivity index (χ2n) is 5.32. The molecule has 0 aliphatic heterocycles. The van der Waals surface area contributed by atoms with Crippen molar-refractivity contribution in [1.29, 1.82) is 0 Å². The van der Waals surface area contributed by atoms with Crippen molar-refractivity contribution in [3.05, 3.63) is 52.5 Å². The molecule has 140 valence electrons. The lowest BCUT2D eigenvalue weighted by atomic mass is 10.2. The first-order chi connectivity index (χ1) is 12.2. The summed E-state index contributed by atoms with van der Waals surface area (Å²) in [6.45, 7) is 3.54. The number of hydrogen-bond donors (Lipinski definition) is 1. The average molecular weight is 418 g/mol. The smallest absolute Gasteiger partial charge is 0.327 e. The molecule has 1 atom stereocenters. The van der Waals surface area contributed by atoms with Crippen molar-refractivity contribution < 1.29 is 23.1 Å². The van der Waals surface area contributed by atoms with Crippen molar-refractivity contribution >= 4 is 44.9 Å². The second kappa shape index (κ2) is 8.16. The minimum Gasteiger partial charge on any atom is -0.494 e. The molecule has 0 spiro atoms. The Balaban J connectivity index is 2.60. The summed E-state index contributed by atoms with van der Waals surface area (Å²) in [7, 11) is -4.28. The topological polar surface area (TPSA) is 83.9 Å². The predicted octanol–water partition coefficient (Wildman–Crippen LogP) is 4.06. The summed E-state index contributed by atoms with van der Waals surface area (Å²) in [6, 6.07) is 8.69. The van der Waals surface area contributed by atoms with Crippen LogP contribution in [0.4, 0.5) is 5.69 Å². The van der Waals surface area contributed by atoms with E-state index in [1.807, 2.05) is 6.92 Å². The summed E-state index contributed by atoms with van der Waals surface area (Å²) in [5, 5.41) is 9.51. The molecular formula is C17H17Cl2NO5S. The third kappa shape index (κ3) is 4.23. The van der Waals surface area contributed by atoms with Crippen molar-refractivity contribution in [2.45, 2.75) is 24.8 Å². The van der Waals surface area contributed by atoms with Gasteiger partial charge in [0.15, 0.2) is 0 Å². The van der Waals surface area contributed by atoms with Crippen LogP contribution in [-0.4, -0.2) is 32.1 Å². The Bertz CT molecular complexity index is 900. The Labute approximate surface area is 162 Å². The summed E-state index contributed by atoms with van der Waals surface area (Å²) in [6.07, 6.45) is 0. The Kier molecular flexibility index (Phi) is 6.39. The molecule has 0 aliphatic rings. The minimum absolute atomic E-state index is 0.0528. The zero-order valence-electron chi connectivity index (χ0n) is 14.0. The predicted molar refractivity (Wildman–Crippen MR) is 101 cm³/mol. The molecule has 9 heteroatoms. The number of nitrogens with zero attached hydrogens (tertiary/aromatic N) is 1. The number of sulfonamides is 1. The van der Waals surface area contributed by atoms with E-state index in [1.165, 1.54) is 37.3 Å². The SMILES string of the molecule is CCOc1ccc(N(C(C)C(=O)O)S(=O)(=O)c2cc(Cl)ccc2Cl)cc1. The Morgan fingerprint density at radius 1 is 1.19 bits per heavy atom. The molecular weight excluding hydrogens is 401 g/mol. The van der Waals surface area contributed by atoms with Crippen molar-refractivity contribution in [2.75, 3.05) is 10.9 Å². The summed E-state index contributed by atoms with van der Waals surface area (Å²) in [4.78, 5) is 11.3. The summed E-state index contributed by atoms with van der Waals surface area (Å²) < 4.78 is 32.4. The van der Waals surface area contributed by atoms with Gasteiger partial charge in [0.05, 0.1) is 17.3 Å². The molecule has 0 heterocycles. The van der Waals surface area contributed by atoms with Crippen LogP contribution in [0.25, 0.3) is 0 Å².